The molecule has 0 rings (SSSR count). The second-order valence-electron chi connectivity index (χ2n) is 9.86. The van der Waals surface area contributed by atoms with E-state index in [1.54, 1.807) is 7.11 Å². The number of carbonyl (C=O) groups excluding carboxylic acids is 1. The van der Waals surface area contributed by atoms with Gasteiger partial charge >= 0.3 is 5.97 Å². The van der Waals surface area contributed by atoms with Crippen LogP contribution in [0, 0.1) is 17.2 Å². The largest absolute Gasteiger partial charge is 0.460 e. The van der Waals surface area contributed by atoms with Crippen LogP contribution in [0.5, 0.6) is 0 Å². The maximum Gasteiger partial charge on any atom is 0.307 e. The number of ether oxygens (including phenoxy) is 2. The first-order valence-electron chi connectivity index (χ1n) is 9.36. The fourth-order valence-electron chi connectivity index (χ4n) is 2.06. The fourth-order valence-corrected chi connectivity index (χ4v) is 3.16. The van der Waals surface area contributed by atoms with Crippen molar-refractivity contribution in [1.82, 2.24) is 0 Å². The van der Waals surface area contributed by atoms with Crippen LogP contribution in [0.4, 0.5) is 0 Å². The average molecular weight is 386 g/mol. The number of hydrogen-bond acceptors (Lipinski definition) is 5. The average Bonchev–Trinajstić information content (AvgIpc) is 2.46. The molecule has 2 unspecified atom stereocenters. The summed E-state index contributed by atoms with van der Waals surface area (Å²) in [7, 11) is -0.197. The Bertz CT molecular complexity index is 499. The Morgan fingerprint density at radius 2 is 1.65 bits per heavy atom. The predicted molar refractivity (Wildman–Crippen MR) is 107 cm³/mol. The molecule has 0 amide bonds. The molecule has 152 valence electrons. The Labute approximate surface area is 161 Å². The summed E-state index contributed by atoms with van der Waals surface area (Å²) in [4.78, 5) is 12.0. The molecule has 0 saturated carbocycles. The van der Waals surface area contributed by atoms with Crippen molar-refractivity contribution >= 4 is 14.3 Å². The van der Waals surface area contributed by atoms with Crippen LogP contribution in [-0.4, -0.2) is 39.2 Å². The van der Waals surface area contributed by atoms with Crippen LogP contribution in [0.25, 0.3) is 0 Å². The smallest absolute Gasteiger partial charge is 0.307 e. The molecule has 2 atom stereocenters. The molecule has 0 aromatic rings. The molecule has 0 heterocycles. The van der Waals surface area contributed by atoms with Gasteiger partial charge in [0.15, 0.2) is 8.32 Å². The molecule has 0 fully saturated rings. The van der Waals surface area contributed by atoms with Crippen molar-refractivity contribution < 1.29 is 18.7 Å². The maximum absolute atomic E-state index is 12.0. The van der Waals surface area contributed by atoms with E-state index in [2.05, 4.69) is 39.9 Å². The minimum Gasteiger partial charge on any atom is -0.460 e. The van der Waals surface area contributed by atoms with Gasteiger partial charge in [-0.2, -0.15) is 5.26 Å². The summed E-state index contributed by atoms with van der Waals surface area (Å²) in [6.07, 6.45) is 1.33. The molecule has 0 N–H and O–H groups in total. The standard InChI is InChI=1S/C20H39NO4Si/c1-18(2,3)25-17(22)13-16(14-21)11-12-20(7,23-8)15-24-26(9,10)19(4,5)6/h16H,11-13,15H2,1-10H3. The van der Waals surface area contributed by atoms with Crippen molar-refractivity contribution in [3.8, 4) is 6.07 Å². The Morgan fingerprint density at radius 3 is 2.04 bits per heavy atom. The van der Waals surface area contributed by atoms with Crippen molar-refractivity contribution in [2.24, 2.45) is 5.92 Å². The number of rotatable bonds is 9. The van der Waals surface area contributed by atoms with E-state index < -0.39 is 19.5 Å². The molecule has 0 aliphatic carbocycles. The van der Waals surface area contributed by atoms with E-state index in [9.17, 15) is 10.1 Å². The predicted octanol–water partition coefficient (Wildman–Crippen LogP) is 5.07. The summed E-state index contributed by atoms with van der Waals surface area (Å²) >= 11 is 0. The summed E-state index contributed by atoms with van der Waals surface area (Å²) in [6, 6.07) is 2.22. The SMILES string of the molecule is COC(C)(CCC(C#N)CC(=O)OC(C)(C)C)CO[Si](C)(C)C(C)(C)C. The van der Waals surface area contributed by atoms with Crippen molar-refractivity contribution in [3.05, 3.63) is 0 Å². The summed E-state index contributed by atoms with van der Waals surface area (Å²) in [5.41, 5.74) is -1.01. The van der Waals surface area contributed by atoms with Gasteiger partial charge < -0.3 is 13.9 Å². The molecule has 26 heavy (non-hydrogen) atoms. The summed E-state index contributed by atoms with van der Waals surface area (Å²) in [5.74, 6) is -0.715. The molecule has 0 bridgehead atoms. The van der Waals surface area contributed by atoms with E-state index in [-0.39, 0.29) is 23.3 Å². The molecular weight excluding hydrogens is 346 g/mol. The highest BCUT2D eigenvalue weighted by atomic mass is 28.4. The highest BCUT2D eigenvalue weighted by Crippen LogP contribution is 2.37. The van der Waals surface area contributed by atoms with E-state index in [0.29, 0.717) is 19.4 Å². The molecule has 0 radical (unpaired) electrons. The van der Waals surface area contributed by atoms with Crippen LogP contribution in [0.2, 0.25) is 18.1 Å². The topological polar surface area (TPSA) is 68.5 Å². The van der Waals surface area contributed by atoms with Gasteiger partial charge in [-0.05, 0) is 58.7 Å². The van der Waals surface area contributed by atoms with Crippen LogP contribution in [0.1, 0.15) is 67.7 Å². The normalized spacial score (nSPS) is 16.5. The van der Waals surface area contributed by atoms with Crippen LogP contribution in [0.3, 0.4) is 0 Å². The first-order valence-corrected chi connectivity index (χ1v) is 12.3. The third-order valence-corrected chi connectivity index (χ3v) is 9.55. The Kier molecular flexibility index (Phi) is 9.02. The molecule has 0 aromatic heterocycles. The van der Waals surface area contributed by atoms with E-state index in [4.69, 9.17) is 13.9 Å². The number of hydrogen-bond donors (Lipinski definition) is 0. The van der Waals surface area contributed by atoms with Crippen molar-refractivity contribution in [3.63, 3.8) is 0 Å². The number of methoxy groups -OCH3 is 1. The molecule has 0 aliphatic heterocycles. The fraction of sp³-hybridized carbons (Fsp3) is 0.900. The summed E-state index contributed by atoms with van der Waals surface area (Å²) in [5, 5.41) is 9.52. The number of carbonyl (C=O) groups is 1. The number of esters is 1. The Morgan fingerprint density at radius 1 is 1.12 bits per heavy atom. The molecule has 5 nitrogen and oxygen atoms in total. The zero-order valence-corrected chi connectivity index (χ0v) is 19.5. The van der Waals surface area contributed by atoms with Gasteiger partial charge in [0.2, 0.25) is 0 Å². The number of nitrogens with zero attached hydrogens (tertiary/aromatic N) is 1. The maximum atomic E-state index is 12.0. The minimum atomic E-state index is -1.87. The van der Waals surface area contributed by atoms with Gasteiger partial charge in [-0.3, -0.25) is 4.79 Å². The molecule has 0 saturated heterocycles. The Balaban J connectivity index is 4.74. The second kappa shape index (κ2) is 9.34. The molecule has 0 aromatic carbocycles. The van der Waals surface area contributed by atoms with Crippen molar-refractivity contribution in [2.45, 2.75) is 97.1 Å². The van der Waals surface area contributed by atoms with Crippen LogP contribution in [-0.2, 0) is 18.7 Å². The molecule has 0 spiro atoms. The lowest BCUT2D eigenvalue weighted by Crippen LogP contribution is -2.46. The highest BCUT2D eigenvalue weighted by molar-refractivity contribution is 6.74. The van der Waals surface area contributed by atoms with E-state index in [1.165, 1.54) is 0 Å². The quantitative estimate of drug-likeness (QED) is 0.409. The lowest BCUT2D eigenvalue weighted by molar-refractivity contribution is -0.155. The van der Waals surface area contributed by atoms with Gasteiger partial charge in [-0.25, -0.2) is 0 Å². The van der Waals surface area contributed by atoms with Crippen LogP contribution >= 0.6 is 0 Å². The minimum absolute atomic E-state index is 0.108. The zero-order chi connectivity index (χ0) is 20.8. The van der Waals surface area contributed by atoms with E-state index >= 15 is 0 Å². The van der Waals surface area contributed by atoms with E-state index in [0.717, 1.165) is 0 Å². The van der Waals surface area contributed by atoms with Gasteiger partial charge in [0.05, 0.1) is 30.6 Å². The second-order valence-corrected chi connectivity index (χ2v) is 14.7. The van der Waals surface area contributed by atoms with Gasteiger partial charge in [0.25, 0.3) is 0 Å². The van der Waals surface area contributed by atoms with Gasteiger partial charge in [-0.15, -0.1) is 0 Å². The zero-order valence-electron chi connectivity index (χ0n) is 18.5. The molecule has 6 heteroatoms. The lowest BCUT2D eigenvalue weighted by Gasteiger charge is -2.39. The van der Waals surface area contributed by atoms with Gasteiger partial charge in [0.1, 0.15) is 5.60 Å². The third kappa shape index (κ3) is 9.16. The van der Waals surface area contributed by atoms with E-state index in [1.807, 2.05) is 27.7 Å². The highest BCUT2D eigenvalue weighted by Gasteiger charge is 2.39. The Hall–Kier alpha value is -0.903. The van der Waals surface area contributed by atoms with Gasteiger partial charge in [-0.1, -0.05) is 20.8 Å². The number of nitriles is 1. The first-order chi connectivity index (χ1) is 11.6. The van der Waals surface area contributed by atoms with Crippen molar-refractivity contribution in [1.29, 1.82) is 5.26 Å². The third-order valence-electron chi connectivity index (χ3n) is 5.07. The molecule has 0 aliphatic rings. The van der Waals surface area contributed by atoms with Gasteiger partial charge in [0, 0.05) is 7.11 Å². The first kappa shape index (κ1) is 25.1. The van der Waals surface area contributed by atoms with Crippen LogP contribution in [0.15, 0.2) is 0 Å². The summed E-state index contributed by atoms with van der Waals surface area (Å²) < 4.78 is 17.3. The summed E-state index contributed by atoms with van der Waals surface area (Å²) in [6.45, 7) is 19.0. The monoisotopic (exact) mass is 385 g/mol. The van der Waals surface area contributed by atoms with Crippen LogP contribution < -0.4 is 0 Å². The lowest BCUT2D eigenvalue weighted by atomic mass is 9.93. The van der Waals surface area contributed by atoms with Crippen molar-refractivity contribution in [2.75, 3.05) is 13.7 Å². The molecular formula is C20H39NO4Si.